The SMILES string of the molecule is Cl.O=C(Nc1cccc(OCc2cccnc2)c1)C1CCNCC1. The van der Waals surface area contributed by atoms with Gasteiger partial charge in [0.2, 0.25) is 5.91 Å². The molecule has 24 heavy (non-hydrogen) atoms. The Morgan fingerprint density at radius 2 is 2.08 bits per heavy atom. The van der Waals surface area contributed by atoms with E-state index in [0.29, 0.717) is 6.61 Å². The molecule has 2 N–H and O–H groups in total. The number of amides is 1. The highest BCUT2D eigenvalue weighted by atomic mass is 35.5. The van der Waals surface area contributed by atoms with Gasteiger partial charge in [-0.2, -0.15) is 0 Å². The molecule has 1 saturated heterocycles. The van der Waals surface area contributed by atoms with E-state index in [1.54, 1.807) is 12.4 Å². The van der Waals surface area contributed by atoms with Crippen LogP contribution in [0.25, 0.3) is 0 Å². The standard InChI is InChI=1S/C18H21N3O2.ClH/c22-18(15-6-9-19-10-7-15)21-16-4-1-5-17(11-16)23-13-14-3-2-8-20-12-14;/h1-5,8,11-12,15,19H,6-7,9-10,13H2,(H,21,22);1H. The van der Waals surface area contributed by atoms with E-state index >= 15 is 0 Å². The lowest BCUT2D eigenvalue weighted by Crippen LogP contribution is -2.34. The zero-order chi connectivity index (χ0) is 15.9. The minimum atomic E-state index is 0. The van der Waals surface area contributed by atoms with Crippen molar-refractivity contribution in [1.29, 1.82) is 0 Å². The molecule has 0 aliphatic carbocycles. The first-order valence-corrected chi connectivity index (χ1v) is 7.94. The number of rotatable bonds is 5. The smallest absolute Gasteiger partial charge is 0.227 e. The average Bonchev–Trinajstić information content (AvgIpc) is 2.62. The maximum atomic E-state index is 12.3. The zero-order valence-corrected chi connectivity index (χ0v) is 14.2. The Morgan fingerprint density at radius 1 is 1.25 bits per heavy atom. The summed E-state index contributed by atoms with van der Waals surface area (Å²) in [7, 11) is 0. The Morgan fingerprint density at radius 3 is 2.83 bits per heavy atom. The molecule has 0 spiro atoms. The molecule has 128 valence electrons. The number of carbonyl (C=O) groups is 1. The highest BCUT2D eigenvalue weighted by Gasteiger charge is 2.20. The van der Waals surface area contributed by atoms with Crippen molar-refractivity contribution in [1.82, 2.24) is 10.3 Å². The number of halogens is 1. The first kappa shape index (κ1) is 18.2. The van der Waals surface area contributed by atoms with Crippen LogP contribution in [-0.4, -0.2) is 24.0 Å². The molecule has 1 fully saturated rings. The second kappa shape index (κ2) is 9.25. The van der Waals surface area contributed by atoms with E-state index in [9.17, 15) is 4.79 Å². The minimum absolute atomic E-state index is 0. The number of piperidine rings is 1. The minimum Gasteiger partial charge on any atom is -0.489 e. The average molecular weight is 348 g/mol. The zero-order valence-electron chi connectivity index (χ0n) is 13.4. The highest BCUT2D eigenvalue weighted by Crippen LogP contribution is 2.20. The van der Waals surface area contributed by atoms with Gasteiger partial charge in [0.15, 0.2) is 0 Å². The van der Waals surface area contributed by atoms with Crippen LogP contribution in [0, 0.1) is 5.92 Å². The summed E-state index contributed by atoms with van der Waals surface area (Å²) in [6.07, 6.45) is 5.30. The molecule has 1 aliphatic heterocycles. The van der Waals surface area contributed by atoms with Gasteiger partial charge in [-0.05, 0) is 44.1 Å². The number of pyridine rings is 1. The van der Waals surface area contributed by atoms with Crippen molar-refractivity contribution >= 4 is 24.0 Å². The molecule has 1 aromatic heterocycles. The Hall–Kier alpha value is -2.11. The fourth-order valence-electron chi connectivity index (χ4n) is 2.64. The van der Waals surface area contributed by atoms with Crippen LogP contribution in [0.1, 0.15) is 18.4 Å². The summed E-state index contributed by atoms with van der Waals surface area (Å²) >= 11 is 0. The van der Waals surface area contributed by atoms with Crippen molar-refractivity contribution in [3.63, 3.8) is 0 Å². The Balaban J connectivity index is 0.00000208. The monoisotopic (exact) mass is 347 g/mol. The van der Waals surface area contributed by atoms with Crippen LogP contribution in [0.2, 0.25) is 0 Å². The molecule has 6 heteroatoms. The summed E-state index contributed by atoms with van der Waals surface area (Å²) in [5.74, 6) is 0.920. The van der Waals surface area contributed by atoms with Crippen molar-refractivity contribution in [3.8, 4) is 5.75 Å². The topological polar surface area (TPSA) is 63.2 Å². The number of nitrogens with one attached hydrogen (secondary N) is 2. The van der Waals surface area contributed by atoms with Gasteiger partial charge in [0.05, 0.1) is 0 Å². The lowest BCUT2D eigenvalue weighted by molar-refractivity contribution is -0.120. The number of benzene rings is 1. The highest BCUT2D eigenvalue weighted by molar-refractivity contribution is 5.92. The largest absolute Gasteiger partial charge is 0.489 e. The predicted molar refractivity (Wildman–Crippen MR) is 96.5 cm³/mol. The fourth-order valence-corrected chi connectivity index (χ4v) is 2.64. The van der Waals surface area contributed by atoms with E-state index in [2.05, 4.69) is 15.6 Å². The number of ether oxygens (including phenoxy) is 1. The normalized spacial score (nSPS) is 14.5. The van der Waals surface area contributed by atoms with Gasteiger partial charge in [-0.25, -0.2) is 0 Å². The van der Waals surface area contributed by atoms with Crippen LogP contribution in [0.3, 0.4) is 0 Å². The number of hydrogen-bond donors (Lipinski definition) is 2. The molecule has 0 atom stereocenters. The number of aromatic nitrogens is 1. The summed E-state index contributed by atoms with van der Waals surface area (Å²) in [5.41, 5.74) is 1.79. The predicted octanol–water partition coefficient (Wildman–Crippen LogP) is 3.02. The quantitative estimate of drug-likeness (QED) is 0.872. The van der Waals surface area contributed by atoms with Crippen molar-refractivity contribution in [2.75, 3.05) is 18.4 Å². The van der Waals surface area contributed by atoms with E-state index in [1.165, 1.54) is 0 Å². The van der Waals surface area contributed by atoms with E-state index < -0.39 is 0 Å². The second-order valence-corrected chi connectivity index (χ2v) is 5.69. The van der Waals surface area contributed by atoms with Crippen molar-refractivity contribution in [2.24, 2.45) is 5.92 Å². The lowest BCUT2D eigenvalue weighted by Gasteiger charge is -2.21. The molecule has 1 amide bonds. The summed E-state index contributed by atoms with van der Waals surface area (Å²) in [6, 6.07) is 11.4. The van der Waals surface area contributed by atoms with Gasteiger partial charge in [0.25, 0.3) is 0 Å². The third kappa shape index (κ3) is 5.22. The van der Waals surface area contributed by atoms with Crippen LogP contribution in [0.5, 0.6) is 5.75 Å². The molecule has 2 heterocycles. The third-order valence-electron chi connectivity index (χ3n) is 3.94. The van der Waals surface area contributed by atoms with Gasteiger partial charge in [-0.1, -0.05) is 12.1 Å². The van der Waals surface area contributed by atoms with Crippen LogP contribution < -0.4 is 15.4 Å². The molecule has 1 aromatic carbocycles. The lowest BCUT2D eigenvalue weighted by atomic mass is 9.97. The van der Waals surface area contributed by atoms with Gasteiger partial charge in [-0.15, -0.1) is 12.4 Å². The van der Waals surface area contributed by atoms with Crippen LogP contribution in [0.15, 0.2) is 48.8 Å². The molecule has 0 bridgehead atoms. The summed E-state index contributed by atoms with van der Waals surface area (Å²) < 4.78 is 5.76. The molecular weight excluding hydrogens is 326 g/mol. The van der Waals surface area contributed by atoms with Crippen molar-refractivity contribution < 1.29 is 9.53 Å². The molecule has 2 aromatic rings. The van der Waals surface area contributed by atoms with Crippen LogP contribution in [-0.2, 0) is 11.4 Å². The van der Waals surface area contributed by atoms with Gasteiger partial charge < -0.3 is 15.4 Å². The Labute approximate surface area is 148 Å². The van der Waals surface area contributed by atoms with Gasteiger partial charge in [-0.3, -0.25) is 9.78 Å². The van der Waals surface area contributed by atoms with Gasteiger partial charge in [0.1, 0.15) is 12.4 Å². The van der Waals surface area contributed by atoms with Crippen molar-refractivity contribution in [2.45, 2.75) is 19.4 Å². The second-order valence-electron chi connectivity index (χ2n) is 5.69. The van der Waals surface area contributed by atoms with Gasteiger partial charge in [0, 0.05) is 35.6 Å². The number of nitrogens with zero attached hydrogens (tertiary/aromatic N) is 1. The first-order chi connectivity index (χ1) is 11.3. The van der Waals surface area contributed by atoms with Crippen LogP contribution >= 0.6 is 12.4 Å². The fraction of sp³-hybridized carbons (Fsp3) is 0.333. The first-order valence-electron chi connectivity index (χ1n) is 7.94. The van der Waals surface area contributed by atoms with Crippen LogP contribution in [0.4, 0.5) is 5.69 Å². The molecule has 1 aliphatic rings. The van der Waals surface area contributed by atoms with E-state index in [1.807, 2.05) is 36.4 Å². The molecule has 0 saturated carbocycles. The summed E-state index contributed by atoms with van der Waals surface area (Å²) in [4.78, 5) is 16.3. The molecule has 3 rings (SSSR count). The van der Waals surface area contributed by atoms with E-state index in [4.69, 9.17) is 4.74 Å². The Kier molecular flexibility index (Phi) is 7.03. The molecule has 0 unspecified atom stereocenters. The van der Waals surface area contributed by atoms with E-state index in [0.717, 1.165) is 42.9 Å². The van der Waals surface area contributed by atoms with E-state index in [-0.39, 0.29) is 24.2 Å². The van der Waals surface area contributed by atoms with Crippen molar-refractivity contribution in [3.05, 3.63) is 54.4 Å². The van der Waals surface area contributed by atoms with Gasteiger partial charge >= 0.3 is 0 Å². The molecule has 0 radical (unpaired) electrons. The molecule has 5 nitrogen and oxygen atoms in total. The number of carbonyl (C=O) groups excluding carboxylic acids is 1. The number of anilines is 1. The number of hydrogen-bond acceptors (Lipinski definition) is 4. The summed E-state index contributed by atoms with van der Waals surface area (Å²) in [6.45, 7) is 2.28. The molecular formula is C18H22ClN3O2. The third-order valence-corrected chi connectivity index (χ3v) is 3.94. The maximum Gasteiger partial charge on any atom is 0.227 e. The Bertz CT molecular complexity index is 646. The maximum absolute atomic E-state index is 12.3. The summed E-state index contributed by atoms with van der Waals surface area (Å²) in [5, 5.41) is 6.26.